The molecule has 2 aromatic heterocycles. The first kappa shape index (κ1) is 46.2. The standard InChI is InChI=1S/C22H29ClN2O2S.C21H27ClN2O2S/c1-4-5-6-7-8-13-28-22-24-14-18(15-25-22)17-9-11-19(12-10-17)27-21(26)20(23)16(2)3;1-4-5-6-7-12-27-21-23-13-17(14-24-21)16-8-10-18(11-9-16)26-20(25)19(22)15(2)3/h9-12,14-16,20H,4-8,13H2,1-3H3;8-11,13-15,19H,4-7,12H2,1-3H3/t20-;19-/m00/s1. The van der Waals surface area contributed by atoms with Crippen LogP contribution in [0.2, 0.25) is 0 Å². The minimum Gasteiger partial charge on any atom is -0.425 e. The van der Waals surface area contributed by atoms with E-state index in [9.17, 15) is 9.59 Å². The maximum absolute atomic E-state index is 11.9. The number of carbonyl (C=O) groups is 2. The first-order chi connectivity index (χ1) is 26.5. The first-order valence-electron chi connectivity index (χ1n) is 19.3. The minimum absolute atomic E-state index is 0.0262. The molecule has 0 radical (unpaired) electrons. The van der Waals surface area contributed by atoms with E-state index in [1.54, 1.807) is 47.8 Å². The highest BCUT2D eigenvalue weighted by Gasteiger charge is 2.22. The van der Waals surface area contributed by atoms with Crippen molar-refractivity contribution in [2.24, 2.45) is 11.8 Å². The van der Waals surface area contributed by atoms with Crippen molar-refractivity contribution >= 4 is 58.7 Å². The van der Waals surface area contributed by atoms with Gasteiger partial charge in [-0.2, -0.15) is 0 Å². The Morgan fingerprint density at radius 3 is 1.18 bits per heavy atom. The second-order valence-electron chi connectivity index (χ2n) is 13.9. The van der Waals surface area contributed by atoms with E-state index in [4.69, 9.17) is 32.7 Å². The van der Waals surface area contributed by atoms with Crippen LogP contribution in [0.25, 0.3) is 22.3 Å². The first-order valence-corrected chi connectivity index (χ1v) is 22.2. The smallest absolute Gasteiger partial charge is 0.329 e. The van der Waals surface area contributed by atoms with Crippen molar-refractivity contribution < 1.29 is 19.1 Å². The van der Waals surface area contributed by atoms with Crippen molar-refractivity contribution in [3.05, 3.63) is 73.3 Å². The number of ether oxygens (including phenoxy) is 2. The lowest BCUT2D eigenvalue weighted by Gasteiger charge is -2.12. The average molecular weight is 828 g/mol. The summed E-state index contributed by atoms with van der Waals surface area (Å²) < 4.78 is 10.6. The number of alkyl halides is 2. The molecule has 0 aliphatic carbocycles. The fraction of sp³-hybridized carbons (Fsp3) is 0.488. The largest absolute Gasteiger partial charge is 0.425 e. The summed E-state index contributed by atoms with van der Waals surface area (Å²) in [6, 6.07) is 14.6. The van der Waals surface area contributed by atoms with Gasteiger partial charge in [-0.25, -0.2) is 19.9 Å². The highest BCUT2D eigenvalue weighted by atomic mass is 35.5. The van der Waals surface area contributed by atoms with Gasteiger partial charge in [-0.3, -0.25) is 9.59 Å². The lowest BCUT2D eigenvalue weighted by atomic mass is 10.1. The summed E-state index contributed by atoms with van der Waals surface area (Å²) in [7, 11) is 0. The quantitative estimate of drug-likeness (QED) is 0.0201. The van der Waals surface area contributed by atoms with Crippen LogP contribution in [0.4, 0.5) is 0 Å². The molecule has 8 nitrogen and oxygen atoms in total. The molecule has 2 aromatic carbocycles. The van der Waals surface area contributed by atoms with Gasteiger partial charge in [0.2, 0.25) is 0 Å². The average Bonchev–Trinajstić information content (AvgIpc) is 3.19. The van der Waals surface area contributed by atoms with E-state index in [1.807, 2.05) is 76.7 Å². The second kappa shape index (κ2) is 25.9. The van der Waals surface area contributed by atoms with Gasteiger partial charge in [0.15, 0.2) is 10.3 Å². The topological polar surface area (TPSA) is 104 Å². The number of esters is 2. The molecular formula is C43H56Cl2N4O4S2. The Morgan fingerprint density at radius 2 is 0.855 bits per heavy atom. The van der Waals surface area contributed by atoms with Gasteiger partial charge in [-0.05, 0) is 60.1 Å². The van der Waals surface area contributed by atoms with Crippen LogP contribution in [0.1, 0.15) is 99.3 Å². The maximum Gasteiger partial charge on any atom is 0.329 e. The van der Waals surface area contributed by atoms with Crippen molar-refractivity contribution in [2.75, 3.05) is 11.5 Å². The Morgan fingerprint density at radius 1 is 0.527 bits per heavy atom. The van der Waals surface area contributed by atoms with Crippen molar-refractivity contribution in [3.63, 3.8) is 0 Å². The third-order valence-corrected chi connectivity index (χ3v) is 11.7. The normalized spacial score (nSPS) is 12.2. The van der Waals surface area contributed by atoms with Gasteiger partial charge in [0.25, 0.3) is 0 Å². The van der Waals surface area contributed by atoms with Crippen LogP contribution in [-0.2, 0) is 9.59 Å². The Balaban J connectivity index is 0.000000296. The van der Waals surface area contributed by atoms with E-state index in [0.29, 0.717) is 11.5 Å². The summed E-state index contributed by atoms with van der Waals surface area (Å²) in [5.41, 5.74) is 3.81. The zero-order valence-electron chi connectivity index (χ0n) is 33.0. The highest BCUT2D eigenvalue weighted by molar-refractivity contribution is 7.99. The number of thioether (sulfide) groups is 2. The molecule has 12 heteroatoms. The molecule has 0 spiro atoms. The highest BCUT2D eigenvalue weighted by Crippen LogP contribution is 2.26. The number of unbranched alkanes of at least 4 members (excludes halogenated alkanes) is 7. The van der Waals surface area contributed by atoms with Crippen LogP contribution >= 0.6 is 46.7 Å². The number of rotatable bonds is 21. The Bertz CT molecular complexity index is 1680. The van der Waals surface area contributed by atoms with Gasteiger partial charge >= 0.3 is 11.9 Å². The zero-order chi connectivity index (χ0) is 40.0. The minimum atomic E-state index is -0.648. The maximum atomic E-state index is 11.9. The van der Waals surface area contributed by atoms with E-state index in [0.717, 1.165) is 44.1 Å². The molecule has 0 aliphatic rings. The number of benzene rings is 2. The molecule has 0 amide bonds. The Labute approximate surface area is 346 Å². The lowest BCUT2D eigenvalue weighted by molar-refractivity contribution is -0.135. The predicted molar refractivity (Wildman–Crippen MR) is 230 cm³/mol. The molecule has 2 heterocycles. The van der Waals surface area contributed by atoms with Crippen molar-refractivity contribution in [1.82, 2.24) is 19.9 Å². The summed E-state index contributed by atoms with van der Waals surface area (Å²) in [4.78, 5) is 41.6. The molecular weight excluding hydrogens is 772 g/mol. The van der Waals surface area contributed by atoms with Crippen LogP contribution in [0.5, 0.6) is 11.5 Å². The molecule has 55 heavy (non-hydrogen) atoms. The fourth-order valence-corrected chi connectivity index (χ4v) is 6.62. The second-order valence-corrected chi connectivity index (χ2v) is 16.9. The van der Waals surface area contributed by atoms with E-state index in [2.05, 4.69) is 33.8 Å². The molecule has 0 N–H and O–H groups in total. The fourth-order valence-electron chi connectivity index (χ4n) is 4.96. The van der Waals surface area contributed by atoms with Crippen LogP contribution in [-0.4, -0.2) is 54.1 Å². The molecule has 0 bridgehead atoms. The zero-order valence-corrected chi connectivity index (χ0v) is 36.2. The van der Waals surface area contributed by atoms with Crippen molar-refractivity contribution in [2.45, 2.75) is 120 Å². The SMILES string of the molecule is CCCCCCCSc1ncc(-c2ccc(OC(=O)[C@@H](Cl)C(C)C)cc2)cn1.CCCCCCSc1ncc(-c2ccc(OC(=O)[C@@H](Cl)C(C)C)cc2)cn1. The summed E-state index contributed by atoms with van der Waals surface area (Å²) in [6.45, 7) is 12.0. The van der Waals surface area contributed by atoms with Gasteiger partial charge in [0.1, 0.15) is 22.3 Å². The number of hydrogen-bond acceptors (Lipinski definition) is 10. The Kier molecular flexibility index (Phi) is 21.7. The van der Waals surface area contributed by atoms with Crippen molar-refractivity contribution in [3.8, 4) is 33.8 Å². The summed E-state index contributed by atoms with van der Waals surface area (Å²) in [6.07, 6.45) is 18.7. The molecule has 298 valence electrons. The molecule has 4 aromatic rings. The van der Waals surface area contributed by atoms with E-state index in [1.165, 1.54) is 57.8 Å². The summed E-state index contributed by atoms with van der Waals surface area (Å²) in [5, 5.41) is 0.323. The third kappa shape index (κ3) is 17.2. The monoisotopic (exact) mass is 826 g/mol. The molecule has 4 rings (SSSR count). The van der Waals surface area contributed by atoms with E-state index < -0.39 is 22.7 Å². The van der Waals surface area contributed by atoms with Crippen molar-refractivity contribution in [1.29, 1.82) is 0 Å². The third-order valence-electron chi connectivity index (χ3n) is 8.40. The van der Waals surface area contributed by atoms with Gasteiger partial charge in [0, 0.05) is 47.4 Å². The number of carbonyl (C=O) groups excluding carboxylic acids is 2. The van der Waals surface area contributed by atoms with E-state index in [-0.39, 0.29) is 11.8 Å². The van der Waals surface area contributed by atoms with Gasteiger partial charge in [-0.1, -0.05) is 134 Å². The van der Waals surface area contributed by atoms with Gasteiger partial charge < -0.3 is 9.47 Å². The Hall–Kier alpha value is -3.18. The summed E-state index contributed by atoms with van der Waals surface area (Å²) >= 11 is 15.5. The molecule has 0 unspecified atom stereocenters. The molecule has 0 aliphatic heterocycles. The van der Waals surface area contributed by atoms with Gasteiger partial charge in [-0.15, -0.1) is 23.2 Å². The molecule has 0 fully saturated rings. The van der Waals surface area contributed by atoms with Gasteiger partial charge in [0.05, 0.1) is 0 Å². The lowest BCUT2D eigenvalue weighted by Crippen LogP contribution is -2.25. The number of aromatic nitrogens is 4. The number of nitrogens with zero attached hydrogens (tertiary/aromatic N) is 4. The van der Waals surface area contributed by atoms with Crippen LogP contribution in [0.15, 0.2) is 83.6 Å². The molecule has 0 saturated carbocycles. The van der Waals surface area contributed by atoms with Crippen LogP contribution in [0, 0.1) is 11.8 Å². The van der Waals surface area contributed by atoms with Crippen LogP contribution < -0.4 is 9.47 Å². The molecule has 2 atom stereocenters. The predicted octanol–water partition coefficient (Wildman–Crippen LogP) is 12.4. The summed E-state index contributed by atoms with van der Waals surface area (Å²) in [5.74, 6) is 2.27. The molecule has 0 saturated heterocycles. The number of hydrogen-bond donors (Lipinski definition) is 0. The van der Waals surface area contributed by atoms with Crippen LogP contribution in [0.3, 0.4) is 0 Å². The number of halogens is 2. The van der Waals surface area contributed by atoms with E-state index >= 15 is 0 Å².